The number of carbonyl (C=O) groups excluding carboxylic acids is 4. The van der Waals surface area contributed by atoms with Crippen LogP contribution >= 0.6 is 0 Å². The highest BCUT2D eigenvalue weighted by Gasteiger charge is 2.37. The van der Waals surface area contributed by atoms with Crippen LogP contribution in [-0.4, -0.2) is 48.3 Å². The molecule has 1 unspecified atom stereocenters. The molecule has 4 amide bonds. The molecule has 1 fully saturated rings. The highest BCUT2D eigenvalue weighted by atomic mass is 16.6. The molecule has 4 rings (SSSR count). The van der Waals surface area contributed by atoms with E-state index in [0.29, 0.717) is 0 Å². The maximum Gasteiger partial charge on any atom is 0.408 e. The van der Waals surface area contributed by atoms with Crippen LogP contribution < -0.4 is 11.1 Å². The molecule has 1 aliphatic heterocycles. The number of hydrogen-bond donors (Lipinski definition) is 2. The first-order chi connectivity index (χ1) is 15.0. The molecular weight excluding hydrogens is 402 g/mol. The number of hydrogen-bond acceptors (Lipinski definition) is 6. The zero-order chi connectivity index (χ0) is 22.0. The van der Waals surface area contributed by atoms with Gasteiger partial charge in [-0.25, -0.2) is 9.59 Å². The van der Waals surface area contributed by atoms with Crippen molar-refractivity contribution in [1.29, 1.82) is 0 Å². The van der Waals surface area contributed by atoms with Crippen LogP contribution in [0.1, 0.15) is 29.9 Å². The van der Waals surface area contributed by atoms with Gasteiger partial charge in [0.1, 0.15) is 19.4 Å². The highest BCUT2D eigenvalue weighted by Crippen LogP contribution is 2.44. The van der Waals surface area contributed by atoms with Crippen molar-refractivity contribution in [2.24, 2.45) is 5.73 Å². The number of alkyl carbamates (subject to hydrolysis) is 1. The smallest absolute Gasteiger partial charge is 0.408 e. The van der Waals surface area contributed by atoms with Crippen LogP contribution in [0.3, 0.4) is 0 Å². The number of imide groups is 1. The molecule has 0 bridgehead atoms. The number of ether oxygens (including phenoxy) is 2. The van der Waals surface area contributed by atoms with Gasteiger partial charge in [0.25, 0.3) is 0 Å². The Bertz CT molecular complexity index is 992. The SMILES string of the molecule is NC(=O)OCC(NC(=O)OCC1c2ccccc2-c2ccccc21)N1C(=O)CCC1=O. The summed E-state index contributed by atoms with van der Waals surface area (Å²) in [5, 5.41) is 2.44. The van der Waals surface area contributed by atoms with E-state index in [0.717, 1.165) is 27.2 Å². The van der Waals surface area contributed by atoms with Crippen LogP contribution in [0.2, 0.25) is 0 Å². The Morgan fingerprint density at radius 3 is 2.06 bits per heavy atom. The third-order valence-electron chi connectivity index (χ3n) is 5.41. The molecule has 160 valence electrons. The van der Waals surface area contributed by atoms with Gasteiger partial charge in [0.05, 0.1) is 0 Å². The van der Waals surface area contributed by atoms with Gasteiger partial charge in [-0.15, -0.1) is 0 Å². The Hall–Kier alpha value is -3.88. The van der Waals surface area contributed by atoms with Crippen molar-refractivity contribution in [3.63, 3.8) is 0 Å². The van der Waals surface area contributed by atoms with Crippen LogP contribution in [0.5, 0.6) is 0 Å². The summed E-state index contributed by atoms with van der Waals surface area (Å²) in [6, 6.07) is 15.8. The van der Waals surface area contributed by atoms with E-state index in [4.69, 9.17) is 15.2 Å². The number of primary amides is 1. The number of nitrogens with two attached hydrogens (primary N) is 1. The molecule has 1 heterocycles. The molecule has 0 spiro atoms. The van der Waals surface area contributed by atoms with Gasteiger partial charge in [0.15, 0.2) is 0 Å². The molecule has 3 N–H and O–H groups in total. The molecule has 31 heavy (non-hydrogen) atoms. The molecule has 1 saturated heterocycles. The van der Waals surface area contributed by atoms with Gasteiger partial charge in [-0.1, -0.05) is 48.5 Å². The minimum atomic E-state index is -1.19. The van der Waals surface area contributed by atoms with E-state index in [-0.39, 0.29) is 25.4 Å². The van der Waals surface area contributed by atoms with Crippen molar-refractivity contribution in [1.82, 2.24) is 10.2 Å². The lowest BCUT2D eigenvalue weighted by molar-refractivity contribution is -0.142. The highest BCUT2D eigenvalue weighted by molar-refractivity contribution is 6.02. The second-order valence-electron chi connectivity index (χ2n) is 7.27. The fourth-order valence-corrected chi connectivity index (χ4v) is 4.06. The molecule has 2 aromatic rings. The predicted octanol–water partition coefficient (Wildman–Crippen LogP) is 2.10. The van der Waals surface area contributed by atoms with Crippen LogP contribution in [0.15, 0.2) is 48.5 Å². The fraction of sp³-hybridized carbons (Fsp3) is 0.273. The summed E-state index contributed by atoms with van der Waals surface area (Å²) in [4.78, 5) is 48.4. The summed E-state index contributed by atoms with van der Waals surface area (Å²) in [6.07, 6.45) is -3.06. The van der Waals surface area contributed by atoms with Crippen LogP contribution in [0.25, 0.3) is 11.1 Å². The number of benzene rings is 2. The van der Waals surface area contributed by atoms with Crippen LogP contribution in [0, 0.1) is 0 Å². The summed E-state index contributed by atoms with van der Waals surface area (Å²) in [6.45, 7) is -0.401. The molecule has 9 heteroatoms. The number of nitrogens with one attached hydrogen (secondary N) is 1. The first kappa shape index (κ1) is 20.4. The monoisotopic (exact) mass is 423 g/mol. The lowest BCUT2D eigenvalue weighted by Gasteiger charge is -2.26. The van der Waals surface area contributed by atoms with Crippen LogP contribution in [0.4, 0.5) is 9.59 Å². The van der Waals surface area contributed by atoms with Gasteiger partial charge >= 0.3 is 12.2 Å². The van der Waals surface area contributed by atoms with Crippen molar-refractivity contribution in [2.45, 2.75) is 24.9 Å². The molecule has 0 aromatic heterocycles. The lowest BCUT2D eigenvalue weighted by Crippen LogP contribution is -2.53. The van der Waals surface area contributed by atoms with Crippen molar-refractivity contribution >= 4 is 24.0 Å². The summed E-state index contributed by atoms with van der Waals surface area (Å²) in [5.41, 5.74) is 9.26. The predicted molar refractivity (Wildman–Crippen MR) is 109 cm³/mol. The van der Waals surface area contributed by atoms with Gasteiger partial charge in [-0.05, 0) is 22.3 Å². The largest absolute Gasteiger partial charge is 0.449 e. The minimum Gasteiger partial charge on any atom is -0.449 e. The molecule has 9 nitrogen and oxygen atoms in total. The zero-order valence-electron chi connectivity index (χ0n) is 16.6. The molecular formula is C22H21N3O6. The molecule has 1 atom stereocenters. The minimum absolute atomic E-state index is 0.0261. The van der Waals surface area contributed by atoms with E-state index in [1.807, 2.05) is 48.5 Å². The van der Waals surface area contributed by atoms with E-state index >= 15 is 0 Å². The Balaban J connectivity index is 1.46. The van der Waals surface area contributed by atoms with Gasteiger partial charge < -0.3 is 15.2 Å². The van der Waals surface area contributed by atoms with E-state index in [1.54, 1.807) is 0 Å². The second kappa shape index (κ2) is 8.47. The number of fused-ring (bicyclic) bond motifs is 3. The van der Waals surface area contributed by atoms with Crippen LogP contribution in [-0.2, 0) is 19.1 Å². The quantitative estimate of drug-likeness (QED) is 0.685. The lowest BCUT2D eigenvalue weighted by atomic mass is 9.98. The Kier molecular flexibility index (Phi) is 5.57. The normalized spacial score (nSPS) is 15.9. The number of amides is 4. The van der Waals surface area contributed by atoms with Crippen molar-refractivity contribution in [3.05, 3.63) is 59.7 Å². The van der Waals surface area contributed by atoms with Gasteiger partial charge in [0, 0.05) is 18.8 Å². The molecule has 0 saturated carbocycles. The average molecular weight is 423 g/mol. The van der Waals surface area contributed by atoms with E-state index < -0.39 is 36.8 Å². The first-order valence-corrected chi connectivity index (χ1v) is 9.84. The third kappa shape index (κ3) is 4.07. The Morgan fingerprint density at radius 2 is 1.52 bits per heavy atom. The molecule has 2 aliphatic rings. The first-order valence-electron chi connectivity index (χ1n) is 9.84. The number of likely N-dealkylation sites (tertiary alicyclic amines) is 1. The summed E-state index contributed by atoms with van der Waals surface area (Å²) < 4.78 is 10.1. The Labute approximate surface area is 178 Å². The summed E-state index contributed by atoms with van der Waals surface area (Å²) >= 11 is 0. The number of rotatable bonds is 6. The van der Waals surface area contributed by atoms with Crippen molar-refractivity contribution < 1.29 is 28.7 Å². The van der Waals surface area contributed by atoms with E-state index in [2.05, 4.69) is 5.32 Å². The second-order valence-corrected chi connectivity index (χ2v) is 7.27. The average Bonchev–Trinajstić information content (AvgIpc) is 3.26. The zero-order valence-corrected chi connectivity index (χ0v) is 16.6. The van der Waals surface area contributed by atoms with E-state index in [1.165, 1.54) is 0 Å². The maximum atomic E-state index is 12.5. The number of nitrogens with zero attached hydrogens (tertiary/aromatic N) is 1. The standard InChI is InChI=1S/C22H21N3O6/c23-21(28)30-12-18(25-19(26)9-10-20(25)27)24-22(29)31-11-17-15-7-3-1-5-13(15)14-6-2-4-8-16(14)17/h1-8,17-18H,9-12H2,(H2,23,28)(H,24,29). The summed E-state index contributed by atoms with van der Waals surface area (Å²) in [7, 11) is 0. The van der Waals surface area contributed by atoms with E-state index in [9.17, 15) is 19.2 Å². The van der Waals surface area contributed by atoms with Gasteiger partial charge in [0.2, 0.25) is 11.8 Å². The summed E-state index contributed by atoms with van der Waals surface area (Å²) in [5.74, 6) is -1.09. The van der Waals surface area contributed by atoms with Gasteiger partial charge in [-0.3, -0.25) is 19.8 Å². The molecule has 2 aromatic carbocycles. The Morgan fingerprint density at radius 1 is 0.968 bits per heavy atom. The molecule has 1 aliphatic carbocycles. The third-order valence-corrected chi connectivity index (χ3v) is 5.41. The topological polar surface area (TPSA) is 128 Å². The van der Waals surface area contributed by atoms with Crippen molar-refractivity contribution in [2.75, 3.05) is 13.2 Å². The fourth-order valence-electron chi connectivity index (χ4n) is 4.06. The molecule has 0 radical (unpaired) electrons. The number of carbonyl (C=O) groups is 4. The van der Waals surface area contributed by atoms with Crippen molar-refractivity contribution in [3.8, 4) is 11.1 Å². The maximum absolute atomic E-state index is 12.5. The van der Waals surface area contributed by atoms with Gasteiger partial charge in [-0.2, -0.15) is 0 Å².